The lowest BCUT2D eigenvalue weighted by atomic mass is 10.0. The molecule has 0 unspecified atom stereocenters. The molecule has 2 aromatic carbocycles. The van der Waals surface area contributed by atoms with Crippen molar-refractivity contribution in [3.63, 3.8) is 0 Å². The number of nitrogens with two attached hydrogens (primary N) is 1. The topological polar surface area (TPSA) is 77.3 Å². The molecular formula is C19H20N2O3. The van der Waals surface area contributed by atoms with E-state index in [0.29, 0.717) is 32.7 Å². The number of aromatic amines is 1. The summed E-state index contributed by atoms with van der Waals surface area (Å²) in [6.07, 6.45) is 0.623. The third-order valence-electron chi connectivity index (χ3n) is 3.83. The second-order valence-electron chi connectivity index (χ2n) is 5.41. The number of ether oxygens (including phenoxy) is 2. The van der Waals surface area contributed by atoms with Crippen molar-refractivity contribution in [3.8, 4) is 16.9 Å². The van der Waals surface area contributed by atoms with Crippen LogP contribution in [0, 0.1) is 0 Å². The summed E-state index contributed by atoms with van der Waals surface area (Å²) in [5.41, 5.74) is 9.78. The maximum Gasteiger partial charge on any atom is 0.293 e. The molecule has 124 valence electrons. The SMILES string of the molecule is NCCOc1ccc(-c2ccccc2)c2[nH]c(CCOC=O)cc12. The third-order valence-corrected chi connectivity index (χ3v) is 3.83. The number of rotatable bonds is 8. The average molecular weight is 324 g/mol. The van der Waals surface area contributed by atoms with Crippen LogP contribution in [0.1, 0.15) is 5.69 Å². The molecule has 5 heteroatoms. The first-order valence-electron chi connectivity index (χ1n) is 7.91. The van der Waals surface area contributed by atoms with E-state index in [1.807, 2.05) is 36.4 Å². The number of aromatic nitrogens is 1. The van der Waals surface area contributed by atoms with Crippen molar-refractivity contribution in [1.82, 2.24) is 4.98 Å². The van der Waals surface area contributed by atoms with Crippen molar-refractivity contribution >= 4 is 17.4 Å². The van der Waals surface area contributed by atoms with Gasteiger partial charge in [-0.15, -0.1) is 0 Å². The summed E-state index contributed by atoms with van der Waals surface area (Å²) in [7, 11) is 0. The molecule has 24 heavy (non-hydrogen) atoms. The summed E-state index contributed by atoms with van der Waals surface area (Å²) in [5.74, 6) is 0.800. The van der Waals surface area contributed by atoms with Crippen LogP contribution in [0.2, 0.25) is 0 Å². The molecule has 3 N–H and O–H groups in total. The second kappa shape index (κ2) is 7.66. The Labute approximate surface area is 140 Å². The molecule has 0 saturated carbocycles. The zero-order valence-electron chi connectivity index (χ0n) is 13.3. The molecule has 0 amide bonds. The fraction of sp³-hybridized carbons (Fsp3) is 0.211. The number of nitrogens with one attached hydrogen (secondary N) is 1. The lowest BCUT2D eigenvalue weighted by Gasteiger charge is -2.09. The van der Waals surface area contributed by atoms with Crippen LogP contribution >= 0.6 is 0 Å². The van der Waals surface area contributed by atoms with Gasteiger partial charge in [-0.2, -0.15) is 0 Å². The molecule has 0 atom stereocenters. The minimum atomic E-state index is 0.343. The van der Waals surface area contributed by atoms with Crippen LogP contribution in [-0.4, -0.2) is 31.2 Å². The van der Waals surface area contributed by atoms with Crippen LogP contribution < -0.4 is 10.5 Å². The number of hydrogen-bond acceptors (Lipinski definition) is 4. The largest absolute Gasteiger partial charge is 0.492 e. The number of carbonyl (C=O) groups is 1. The normalized spacial score (nSPS) is 10.7. The summed E-state index contributed by atoms with van der Waals surface area (Å²) in [5, 5.41) is 1.01. The Bertz CT molecular complexity index is 812. The molecule has 0 aliphatic heterocycles. The van der Waals surface area contributed by atoms with Gasteiger partial charge in [0.2, 0.25) is 0 Å². The predicted octanol–water partition coefficient (Wildman–Crippen LogP) is 2.89. The van der Waals surface area contributed by atoms with Crippen molar-refractivity contribution in [3.05, 3.63) is 54.2 Å². The Morgan fingerprint density at radius 3 is 2.67 bits per heavy atom. The van der Waals surface area contributed by atoms with E-state index in [4.69, 9.17) is 15.2 Å². The summed E-state index contributed by atoms with van der Waals surface area (Å²) in [6.45, 7) is 1.74. The monoisotopic (exact) mass is 324 g/mol. The number of carbonyl (C=O) groups excluding carboxylic acids is 1. The Balaban J connectivity index is 2.04. The van der Waals surface area contributed by atoms with Crippen molar-refractivity contribution in [2.75, 3.05) is 19.8 Å². The Kier molecular flexibility index (Phi) is 5.13. The molecule has 0 spiro atoms. The zero-order valence-corrected chi connectivity index (χ0v) is 13.3. The van der Waals surface area contributed by atoms with Crippen molar-refractivity contribution in [2.24, 2.45) is 5.73 Å². The average Bonchev–Trinajstić information content (AvgIpc) is 3.05. The molecule has 0 bridgehead atoms. The van der Waals surface area contributed by atoms with E-state index < -0.39 is 0 Å². The smallest absolute Gasteiger partial charge is 0.293 e. The highest BCUT2D eigenvalue weighted by Gasteiger charge is 2.12. The molecule has 0 radical (unpaired) electrons. The minimum Gasteiger partial charge on any atom is -0.492 e. The molecular weight excluding hydrogens is 304 g/mol. The van der Waals surface area contributed by atoms with Crippen LogP contribution in [0.5, 0.6) is 5.75 Å². The highest BCUT2D eigenvalue weighted by Crippen LogP contribution is 2.34. The summed E-state index contributed by atoms with van der Waals surface area (Å²) in [4.78, 5) is 13.7. The van der Waals surface area contributed by atoms with E-state index >= 15 is 0 Å². The Morgan fingerprint density at radius 1 is 1.08 bits per heavy atom. The highest BCUT2D eigenvalue weighted by molar-refractivity contribution is 5.98. The molecule has 3 aromatic rings. The number of H-pyrrole nitrogens is 1. The van der Waals surface area contributed by atoms with Gasteiger partial charge >= 0.3 is 0 Å². The van der Waals surface area contributed by atoms with E-state index in [-0.39, 0.29) is 0 Å². The summed E-state index contributed by atoms with van der Waals surface area (Å²) in [6, 6.07) is 16.2. The quantitative estimate of drug-likeness (QED) is 0.493. The van der Waals surface area contributed by atoms with Gasteiger partial charge in [-0.25, -0.2) is 0 Å². The fourth-order valence-corrected chi connectivity index (χ4v) is 2.75. The summed E-state index contributed by atoms with van der Waals surface area (Å²) >= 11 is 0. The van der Waals surface area contributed by atoms with Gasteiger partial charge in [-0.3, -0.25) is 4.79 Å². The van der Waals surface area contributed by atoms with Crippen LogP contribution in [0.25, 0.3) is 22.0 Å². The number of fused-ring (bicyclic) bond motifs is 1. The van der Waals surface area contributed by atoms with E-state index in [1.54, 1.807) is 0 Å². The van der Waals surface area contributed by atoms with E-state index in [1.165, 1.54) is 0 Å². The molecule has 0 saturated heterocycles. The molecule has 5 nitrogen and oxygen atoms in total. The Hall–Kier alpha value is -2.79. The summed E-state index contributed by atoms with van der Waals surface area (Å²) < 4.78 is 10.6. The van der Waals surface area contributed by atoms with E-state index in [9.17, 15) is 4.79 Å². The highest BCUT2D eigenvalue weighted by atomic mass is 16.5. The lowest BCUT2D eigenvalue weighted by molar-refractivity contribution is -0.128. The molecule has 3 rings (SSSR count). The maximum atomic E-state index is 10.3. The van der Waals surface area contributed by atoms with Gasteiger partial charge < -0.3 is 20.2 Å². The molecule has 1 heterocycles. The van der Waals surface area contributed by atoms with Gasteiger partial charge in [-0.05, 0) is 23.8 Å². The lowest BCUT2D eigenvalue weighted by Crippen LogP contribution is -2.10. The van der Waals surface area contributed by atoms with Crippen LogP contribution in [0.3, 0.4) is 0 Å². The van der Waals surface area contributed by atoms with Crippen molar-refractivity contribution in [2.45, 2.75) is 6.42 Å². The maximum absolute atomic E-state index is 10.3. The first kappa shape index (κ1) is 16.1. The number of hydrogen-bond donors (Lipinski definition) is 2. The van der Waals surface area contributed by atoms with Crippen LogP contribution in [0.15, 0.2) is 48.5 Å². The van der Waals surface area contributed by atoms with E-state index in [0.717, 1.165) is 33.5 Å². The first-order valence-corrected chi connectivity index (χ1v) is 7.91. The predicted molar refractivity (Wildman–Crippen MR) is 94.0 cm³/mol. The minimum absolute atomic E-state index is 0.343. The standard InChI is InChI=1S/C19H20N2O3/c20-9-11-24-18-7-6-16(14-4-2-1-3-5-14)19-17(18)12-15(21-19)8-10-23-13-22/h1-7,12-13,21H,8-11,20H2. The second-order valence-corrected chi connectivity index (χ2v) is 5.41. The molecule has 0 aliphatic rings. The van der Waals surface area contributed by atoms with Crippen LogP contribution in [0.4, 0.5) is 0 Å². The molecule has 0 aliphatic carbocycles. The van der Waals surface area contributed by atoms with Gasteiger partial charge in [-0.1, -0.05) is 30.3 Å². The van der Waals surface area contributed by atoms with Gasteiger partial charge in [0.1, 0.15) is 12.4 Å². The first-order chi connectivity index (χ1) is 11.8. The van der Waals surface area contributed by atoms with Gasteiger partial charge in [0.25, 0.3) is 6.47 Å². The zero-order chi connectivity index (χ0) is 16.8. The van der Waals surface area contributed by atoms with Crippen molar-refractivity contribution in [1.29, 1.82) is 0 Å². The Morgan fingerprint density at radius 2 is 1.92 bits per heavy atom. The fourth-order valence-electron chi connectivity index (χ4n) is 2.75. The third kappa shape index (κ3) is 3.41. The van der Waals surface area contributed by atoms with Gasteiger partial charge in [0.05, 0.1) is 12.1 Å². The van der Waals surface area contributed by atoms with E-state index in [2.05, 4.69) is 17.1 Å². The van der Waals surface area contributed by atoms with Gasteiger partial charge in [0, 0.05) is 29.6 Å². The van der Waals surface area contributed by atoms with Gasteiger partial charge in [0.15, 0.2) is 0 Å². The van der Waals surface area contributed by atoms with Crippen molar-refractivity contribution < 1.29 is 14.3 Å². The molecule has 0 fully saturated rings. The van der Waals surface area contributed by atoms with Crippen LogP contribution in [-0.2, 0) is 16.0 Å². The number of benzene rings is 2. The molecule has 1 aromatic heterocycles.